The third-order valence-corrected chi connectivity index (χ3v) is 4.82. The smallest absolute Gasteiger partial charge is 0.0477 e. The molecule has 18 heavy (non-hydrogen) atoms. The van der Waals surface area contributed by atoms with E-state index in [9.17, 15) is 0 Å². The van der Waals surface area contributed by atoms with Crippen molar-refractivity contribution < 1.29 is 0 Å². The van der Waals surface area contributed by atoms with Crippen molar-refractivity contribution in [2.45, 2.75) is 62.4 Å². The number of benzene rings is 1. The van der Waals surface area contributed by atoms with Crippen molar-refractivity contribution in [2.75, 3.05) is 0 Å². The Morgan fingerprint density at radius 1 is 1.00 bits per heavy atom. The highest BCUT2D eigenvalue weighted by Gasteiger charge is 2.44. The quantitative estimate of drug-likeness (QED) is 0.857. The van der Waals surface area contributed by atoms with Gasteiger partial charge in [-0.15, -0.1) is 0 Å². The summed E-state index contributed by atoms with van der Waals surface area (Å²) >= 11 is 0. The average Bonchev–Trinajstić information content (AvgIpc) is 3.18. The maximum atomic E-state index is 6.24. The van der Waals surface area contributed by atoms with Gasteiger partial charge in [-0.2, -0.15) is 0 Å². The Morgan fingerprint density at radius 3 is 2.17 bits per heavy atom. The molecule has 98 valence electrons. The SMILES string of the molecule is NC(c1ccc(C2CCCCC2)cc1)C1(N)CC1. The van der Waals surface area contributed by atoms with Crippen LogP contribution in [0.5, 0.6) is 0 Å². The predicted molar refractivity (Wildman–Crippen MR) is 75.3 cm³/mol. The van der Waals surface area contributed by atoms with Gasteiger partial charge in [0.2, 0.25) is 0 Å². The van der Waals surface area contributed by atoms with Gasteiger partial charge in [0.15, 0.2) is 0 Å². The van der Waals surface area contributed by atoms with Gasteiger partial charge < -0.3 is 11.5 Å². The van der Waals surface area contributed by atoms with Gasteiger partial charge in [-0.05, 0) is 42.7 Å². The van der Waals surface area contributed by atoms with Crippen LogP contribution in [0.15, 0.2) is 24.3 Å². The molecule has 0 aliphatic heterocycles. The summed E-state index contributed by atoms with van der Waals surface area (Å²) in [6, 6.07) is 8.95. The molecule has 2 aliphatic carbocycles. The largest absolute Gasteiger partial charge is 0.323 e. The van der Waals surface area contributed by atoms with Gasteiger partial charge in [0, 0.05) is 11.6 Å². The van der Waals surface area contributed by atoms with E-state index in [1.807, 2.05) is 0 Å². The minimum atomic E-state index is -0.119. The van der Waals surface area contributed by atoms with Crippen molar-refractivity contribution in [3.63, 3.8) is 0 Å². The molecule has 4 N–H and O–H groups in total. The van der Waals surface area contributed by atoms with Gasteiger partial charge in [0.05, 0.1) is 0 Å². The van der Waals surface area contributed by atoms with Crippen LogP contribution in [0.4, 0.5) is 0 Å². The Kier molecular flexibility index (Phi) is 3.16. The Morgan fingerprint density at radius 2 is 1.61 bits per heavy atom. The van der Waals surface area contributed by atoms with E-state index < -0.39 is 0 Å². The lowest BCUT2D eigenvalue weighted by Gasteiger charge is -2.23. The second kappa shape index (κ2) is 4.67. The highest BCUT2D eigenvalue weighted by Crippen LogP contribution is 2.42. The maximum Gasteiger partial charge on any atom is 0.0477 e. The normalized spacial score (nSPS) is 24.8. The van der Waals surface area contributed by atoms with E-state index in [1.165, 1.54) is 43.2 Å². The van der Waals surface area contributed by atoms with Crippen molar-refractivity contribution in [1.82, 2.24) is 0 Å². The zero-order valence-corrected chi connectivity index (χ0v) is 11.1. The minimum absolute atomic E-state index is 0.0119. The second-order valence-corrected chi connectivity index (χ2v) is 6.21. The van der Waals surface area contributed by atoms with Crippen LogP contribution in [-0.4, -0.2) is 5.54 Å². The maximum absolute atomic E-state index is 6.24. The standard InChI is InChI=1S/C16H24N2/c17-15(16(18)10-11-16)14-8-6-13(7-9-14)12-4-2-1-3-5-12/h6-9,12,15H,1-5,10-11,17-18H2. The molecular weight excluding hydrogens is 220 g/mol. The van der Waals surface area contributed by atoms with Gasteiger partial charge >= 0.3 is 0 Å². The summed E-state index contributed by atoms with van der Waals surface area (Å²) in [5, 5.41) is 0. The zero-order chi connectivity index (χ0) is 12.6. The molecule has 2 heteroatoms. The highest BCUT2D eigenvalue weighted by atomic mass is 14.9. The van der Waals surface area contributed by atoms with Gasteiger partial charge in [-0.1, -0.05) is 43.5 Å². The van der Waals surface area contributed by atoms with Crippen molar-refractivity contribution in [3.8, 4) is 0 Å². The molecule has 2 saturated carbocycles. The fraction of sp³-hybridized carbons (Fsp3) is 0.625. The lowest BCUT2D eigenvalue weighted by molar-refractivity contribution is 0.443. The van der Waals surface area contributed by atoms with Crippen molar-refractivity contribution in [1.29, 1.82) is 0 Å². The predicted octanol–water partition coefficient (Wildman–Crippen LogP) is 3.23. The fourth-order valence-electron chi connectivity index (χ4n) is 3.20. The number of rotatable bonds is 3. The topological polar surface area (TPSA) is 52.0 Å². The van der Waals surface area contributed by atoms with Crippen molar-refractivity contribution in [3.05, 3.63) is 35.4 Å². The van der Waals surface area contributed by atoms with E-state index in [1.54, 1.807) is 0 Å². The molecule has 3 rings (SSSR count). The number of hydrogen-bond acceptors (Lipinski definition) is 2. The van der Waals surface area contributed by atoms with Crippen LogP contribution in [-0.2, 0) is 0 Å². The second-order valence-electron chi connectivity index (χ2n) is 6.21. The molecule has 0 bridgehead atoms. The molecule has 2 fully saturated rings. The molecule has 0 aromatic heterocycles. The molecule has 2 aliphatic rings. The molecule has 1 aromatic rings. The molecule has 0 radical (unpaired) electrons. The highest BCUT2D eigenvalue weighted by molar-refractivity contribution is 5.31. The first kappa shape index (κ1) is 12.2. The summed E-state index contributed by atoms with van der Waals surface area (Å²) in [4.78, 5) is 0. The Balaban J connectivity index is 1.72. The van der Waals surface area contributed by atoms with Crippen LogP contribution in [0, 0.1) is 0 Å². The summed E-state index contributed by atoms with van der Waals surface area (Å²) in [5.41, 5.74) is 15.0. The van der Waals surface area contributed by atoms with Crippen LogP contribution in [0.2, 0.25) is 0 Å². The first-order valence-corrected chi connectivity index (χ1v) is 7.33. The summed E-state index contributed by atoms with van der Waals surface area (Å²) in [7, 11) is 0. The molecule has 0 saturated heterocycles. The molecular formula is C16H24N2. The Hall–Kier alpha value is -0.860. The van der Waals surface area contributed by atoms with Crippen LogP contribution in [0.25, 0.3) is 0 Å². The van der Waals surface area contributed by atoms with E-state index in [-0.39, 0.29) is 11.6 Å². The third kappa shape index (κ3) is 2.32. The summed E-state index contributed by atoms with van der Waals surface area (Å²) in [6.45, 7) is 0. The van der Waals surface area contributed by atoms with E-state index in [0.29, 0.717) is 0 Å². The van der Waals surface area contributed by atoms with Crippen LogP contribution >= 0.6 is 0 Å². The van der Waals surface area contributed by atoms with Crippen LogP contribution in [0.3, 0.4) is 0 Å². The lowest BCUT2D eigenvalue weighted by atomic mass is 9.83. The van der Waals surface area contributed by atoms with Crippen molar-refractivity contribution >= 4 is 0 Å². The van der Waals surface area contributed by atoms with Gasteiger partial charge in [-0.3, -0.25) is 0 Å². The van der Waals surface area contributed by atoms with Crippen molar-refractivity contribution in [2.24, 2.45) is 11.5 Å². The molecule has 0 spiro atoms. The summed E-state index contributed by atoms with van der Waals surface area (Å²) < 4.78 is 0. The number of nitrogens with two attached hydrogens (primary N) is 2. The average molecular weight is 244 g/mol. The van der Waals surface area contributed by atoms with Gasteiger partial charge in [-0.25, -0.2) is 0 Å². The number of hydrogen-bond donors (Lipinski definition) is 2. The Bertz CT molecular complexity index is 400. The van der Waals surface area contributed by atoms with Gasteiger partial charge in [0.25, 0.3) is 0 Å². The van der Waals surface area contributed by atoms with Gasteiger partial charge in [0.1, 0.15) is 0 Å². The molecule has 1 unspecified atom stereocenters. The molecule has 1 aromatic carbocycles. The van der Waals surface area contributed by atoms with E-state index in [0.717, 1.165) is 18.8 Å². The molecule has 0 amide bonds. The minimum Gasteiger partial charge on any atom is -0.323 e. The third-order valence-electron chi connectivity index (χ3n) is 4.82. The molecule has 0 heterocycles. The molecule has 2 nitrogen and oxygen atoms in total. The van der Waals surface area contributed by atoms with E-state index >= 15 is 0 Å². The summed E-state index contributed by atoms with van der Waals surface area (Å²) in [5.74, 6) is 0.775. The first-order valence-electron chi connectivity index (χ1n) is 7.33. The summed E-state index contributed by atoms with van der Waals surface area (Å²) in [6.07, 6.45) is 9.03. The zero-order valence-electron chi connectivity index (χ0n) is 11.1. The Labute approximate surface area is 110 Å². The van der Waals surface area contributed by atoms with E-state index in [4.69, 9.17) is 11.5 Å². The van der Waals surface area contributed by atoms with E-state index in [2.05, 4.69) is 24.3 Å². The van der Waals surface area contributed by atoms with Crippen LogP contribution in [0.1, 0.15) is 68.0 Å². The van der Waals surface area contributed by atoms with Crippen LogP contribution < -0.4 is 11.5 Å². The monoisotopic (exact) mass is 244 g/mol. The fourth-order valence-corrected chi connectivity index (χ4v) is 3.20. The first-order chi connectivity index (χ1) is 8.69. The molecule has 1 atom stereocenters. The lowest BCUT2D eigenvalue weighted by Crippen LogP contribution is -2.36.